The number of sulfonamides is 1. The number of nitrogens with zero attached hydrogens (tertiary/aromatic N) is 1. The lowest BCUT2D eigenvalue weighted by Crippen LogP contribution is -2.50. The number of hydrogen-bond donors (Lipinski definition) is 2. The van der Waals surface area contributed by atoms with E-state index in [9.17, 15) is 23.1 Å². The Kier molecular flexibility index (Phi) is 6.81. The molecule has 1 saturated heterocycles. The van der Waals surface area contributed by atoms with Crippen LogP contribution in [0.4, 0.5) is 0 Å². The van der Waals surface area contributed by atoms with Gasteiger partial charge in [0.05, 0.1) is 25.0 Å². The number of carboxylic acids is 1. The fourth-order valence-corrected chi connectivity index (χ4v) is 4.57. The third kappa shape index (κ3) is 5.39. The fraction of sp³-hybridized carbons (Fsp3) is 0.875. The number of carbonyl (C=O) groups excluding carboxylic acids is 1. The van der Waals surface area contributed by atoms with Crippen LogP contribution in [-0.4, -0.2) is 67.4 Å². The molecule has 1 heterocycles. The molecule has 0 spiro atoms. The summed E-state index contributed by atoms with van der Waals surface area (Å²) in [5.41, 5.74) is 0. The molecule has 144 valence electrons. The topological polar surface area (TPSA) is 113 Å². The second kappa shape index (κ2) is 8.46. The molecule has 1 aliphatic carbocycles. The van der Waals surface area contributed by atoms with Gasteiger partial charge in [0.15, 0.2) is 0 Å². The number of carbonyl (C=O) groups is 2. The number of aliphatic carboxylic acids is 1. The average molecular weight is 376 g/mol. The Morgan fingerprint density at radius 2 is 1.96 bits per heavy atom. The molecule has 25 heavy (non-hydrogen) atoms. The van der Waals surface area contributed by atoms with Gasteiger partial charge in [-0.1, -0.05) is 12.8 Å². The average Bonchev–Trinajstić information content (AvgIpc) is 2.92. The monoisotopic (exact) mass is 376 g/mol. The minimum atomic E-state index is -3.64. The zero-order valence-corrected chi connectivity index (χ0v) is 15.6. The predicted molar refractivity (Wildman–Crippen MR) is 91.5 cm³/mol. The Morgan fingerprint density at radius 3 is 2.60 bits per heavy atom. The summed E-state index contributed by atoms with van der Waals surface area (Å²) in [6.07, 6.45) is 4.13. The number of likely N-dealkylation sites (tertiary alicyclic amines) is 1. The summed E-state index contributed by atoms with van der Waals surface area (Å²) in [7, 11) is -3.64. The van der Waals surface area contributed by atoms with Crippen LogP contribution < -0.4 is 4.72 Å². The highest BCUT2D eigenvalue weighted by atomic mass is 32.2. The number of amides is 1. The van der Waals surface area contributed by atoms with Crippen LogP contribution in [0.1, 0.15) is 46.0 Å². The highest BCUT2D eigenvalue weighted by Crippen LogP contribution is 2.39. The third-order valence-corrected chi connectivity index (χ3v) is 6.20. The van der Waals surface area contributed by atoms with Crippen molar-refractivity contribution in [3.05, 3.63) is 0 Å². The first-order chi connectivity index (χ1) is 11.7. The molecule has 0 aromatic heterocycles. The first-order valence-electron chi connectivity index (χ1n) is 8.84. The molecule has 1 aliphatic heterocycles. The van der Waals surface area contributed by atoms with Gasteiger partial charge in [-0.3, -0.25) is 4.79 Å². The van der Waals surface area contributed by atoms with Crippen LogP contribution in [0.25, 0.3) is 0 Å². The molecule has 3 unspecified atom stereocenters. The van der Waals surface area contributed by atoms with E-state index < -0.39 is 34.5 Å². The van der Waals surface area contributed by atoms with Gasteiger partial charge in [0.1, 0.15) is 6.04 Å². The molecular weight excluding hydrogens is 348 g/mol. The van der Waals surface area contributed by atoms with Crippen LogP contribution in [-0.2, 0) is 24.3 Å². The lowest BCUT2D eigenvalue weighted by Gasteiger charge is -2.33. The van der Waals surface area contributed by atoms with E-state index in [1.807, 2.05) is 13.8 Å². The van der Waals surface area contributed by atoms with Gasteiger partial charge in [0, 0.05) is 6.04 Å². The Bertz CT molecular complexity index is 591. The second-order valence-electron chi connectivity index (χ2n) is 7.06. The van der Waals surface area contributed by atoms with Crippen LogP contribution in [0.15, 0.2) is 0 Å². The molecule has 1 amide bonds. The Balaban J connectivity index is 1.94. The standard InChI is InChI=1S/C16H28N2O6S/c1-11(2)24-7-8-25(22,23)17-10-15(19)18-13-6-4-3-5-12(13)9-14(18)16(20)21/h11-14,17H,3-10H2,1-2H3,(H,20,21). The van der Waals surface area contributed by atoms with Crippen molar-refractivity contribution >= 4 is 21.9 Å². The summed E-state index contributed by atoms with van der Waals surface area (Å²) in [6.45, 7) is 3.26. The van der Waals surface area contributed by atoms with E-state index in [0.29, 0.717) is 6.42 Å². The van der Waals surface area contributed by atoms with Crippen molar-refractivity contribution in [2.45, 2.75) is 64.1 Å². The number of fused-ring (bicyclic) bond motifs is 1. The van der Waals surface area contributed by atoms with Crippen molar-refractivity contribution in [1.82, 2.24) is 9.62 Å². The molecule has 2 N–H and O–H groups in total. The van der Waals surface area contributed by atoms with Crippen molar-refractivity contribution in [2.24, 2.45) is 5.92 Å². The van der Waals surface area contributed by atoms with Crippen molar-refractivity contribution in [3.63, 3.8) is 0 Å². The number of nitrogens with one attached hydrogen (secondary N) is 1. The molecule has 0 radical (unpaired) electrons. The van der Waals surface area contributed by atoms with Gasteiger partial charge in [-0.25, -0.2) is 17.9 Å². The minimum absolute atomic E-state index is 0.0490. The van der Waals surface area contributed by atoms with Crippen LogP contribution in [0.3, 0.4) is 0 Å². The first-order valence-corrected chi connectivity index (χ1v) is 10.5. The van der Waals surface area contributed by atoms with Gasteiger partial charge in [0.25, 0.3) is 0 Å². The van der Waals surface area contributed by atoms with Gasteiger partial charge in [-0.05, 0) is 39.0 Å². The molecule has 0 aromatic rings. The molecule has 1 saturated carbocycles. The highest BCUT2D eigenvalue weighted by Gasteiger charge is 2.47. The van der Waals surface area contributed by atoms with E-state index in [0.717, 1.165) is 25.7 Å². The van der Waals surface area contributed by atoms with Gasteiger partial charge in [-0.2, -0.15) is 0 Å². The van der Waals surface area contributed by atoms with E-state index in [1.165, 1.54) is 4.90 Å². The zero-order valence-electron chi connectivity index (χ0n) is 14.8. The van der Waals surface area contributed by atoms with E-state index in [2.05, 4.69) is 4.72 Å². The lowest BCUT2D eigenvalue weighted by molar-refractivity contribution is -0.149. The molecule has 2 fully saturated rings. The molecule has 0 bridgehead atoms. The minimum Gasteiger partial charge on any atom is -0.480 e. The maximum absolute atomic E-state index is 12.5. The Hall–Kier alpha value is -1.19. The fourth-order valence-electron chi connectivity index (χ4n) is 3.77. The summed E-state index contributed by atoms with van der Waals surface area (Å²) in [5, 5.41) is 9.43. The molecule has 3 atom stereocenters. The lowest BCUT2D eigenvalue weighted by atomic mass is 9.85. The van der Waals surface area contributed by atoms with E-state index in [1.54, 1.807) is 0 Å². The highest BCUT2D eigenvalue weighted by molar-refractivity contribution is 7.89. The van der Waals surface area contributed by atoms with Crippen molar-refractivity contribution in [3.8, 4) is 0 Å². The SMILES string of the molecule is CC(C)OCCS(=O)(=O)NCC(=O)N1C(C(=O)O)CC2CCCCC21. The van der Waals surface area contributed by atoms with Crippen LogP contribution in [0, 0.1) is 5.92 Å². The molecule has 8 nitrogen and oxygen atoms in total. The van der Waals surface area contributed by atoms with Crippen LogP contribution in [0.2, 0.25) is 0 Å². The first kappa shape index (κ1) is 20.1. The Morgan fingerprint density at radius 1 is 1.28 bits per heavy atom. The number of hydrogen-bond acceptors (Lipinski definition) is 5. The molecular formula is C16H28N2O6S. The normalized spacial score (nSPS) is 26.7. The van der Waals surface area contributed by atoms with Crippen molar-refractivity contribution in [2.75, 3.05) is 18.9 Å². The van der Waals surface area contributed by atoms with Crippen LogP contribution >= 0.6 is 0 Å². The largest absolute Gasteiger partial charge is 0.480 e. The summed E-state index contributed by atoms with van der Waals surface area (Å²) in [4.78, 5) is 25.5. The summed E-state index contributed by atoms with van der Waals surface area (Å²) in [6, 6.07) is -0.939. The quantitative estimate of drug-likeness (QED) is 0.640. The summed E-state index contributed by atoms with van der Waals surface area (Å²) < 4.78 is 31.4. The number of ether oxygens (including phenoxy) is 1. The van der Waals surface area contributed by atoms with Gasteiger partial charge in [-0.15, -0.1) is 0 Å². The maximum Gasteiger partial charge on any atom is 0.326 e. The van der Waals surface area contributed by atoms with E-state index in [4.69, 9.17) is 4.74 Å². The zero-order chi connectivity index (χ0) is 18.6. The summed E-state index contributed by atoms with van der Waals surface area (Å²) in [5.74, 6) is -1.51. The molecule has 9 heteroatoms. The van der Waals surface area contributed by atoms with E-state index in [-0.39, 0.29) is 30.4 Å². The van der Waals surface area contributed by atoms with Crippen molar-refractivity contribution < 1.29 is 27.9 Å². The van der Waals surface area contributed by atoms with Crippen LogP contribution in [0.5, 0.6) is 0 Å². The molecule has 2 aliphatic rings. The third-order valence-electron chi connectivity index (χ3n) is 4.91. The molecule has 2 rings (SSSR count). The van der Waals surface area contributed by atoms with Crippen molar-refractivity contribution in [1.29, 1.82) is 0 Å². The number of rotatable bonds is 8. The Labute approximate surface area is 149 Å². The van der Waals surface area contributed by atoms with Gasteiger partial charge in [0.2, 0.25) is 15.9 Å². The molecule has 0 aromatic carbocycles. The van der Waals surface area contributed by atoms with Gasteiger partial charge < -0.3 is 14.7 Å². The van der Waals surface area contributed by atoms with Gasteiger partial charge >= 0.3 is 5.97 Å². The smallest absolute Gasteiger partial charge is 0.326 e. The number of carboxylic acid groups (broad SMARTS) is 1. The second-order valence-corrected chi connectivity index (χ2v) is 8.99. The van der Waals surface area contributed by atoms with E-state index >= 15 is 0 Å². The maximum atomic E-state index is 12.5. The summed E-state index contributed by atoms with van der Waals surface area (Å²) >= 11 is 0. The predicted octanol–water partition coefficient (Wildman–Crippen LogP) is 0.575.